The Kier molecular flexibility index (Phi) is 4.60. The third-order valence-corrected chi connectivity index (χ3v) is 4.46. The highest BCUT2D eigenvalue weighted by atomic mass is 35.5. The van der Waals surface area contributed by atoms with Gasteiger partial charge in [0.05, 0.1) is 0 Å². The molecule has 1 amide bonds. The zero-order valence-electron chi connectivity index (χ0n) is 14.2. The van der Waals surface area contributed by atoms with E-state index >= 15 is 0 Å². The van der Waals surface area contributed by atoms with Crippen molar-refractivity contribution in [2.75, 3.05) is 0 Å². The van der Waals surface area contributed by atoms with Crippen LogP contribution < -0.4 is 5.32 Å². The standard InChI is InChI=1S/C21H15ClFN3O/c22-17-7-4-15(5-8-17)16-6-9-20-25-19(13-26(20)12-16)21(27)24-11-14-2-1-3-18(23)10-14/h1-10,12-13H,11H2,(H,24,27). The Bertz CT molecular complexity index is 1120. The minimum absolute atomic E-state index is 0.237. The third kappa shape index (κ3) is 3.83. The first-order chi connectivity index (χ1) is 13.1. The first-order valence-corrected chi connectivity index (χ1v) is 8.74. The van der Waals surface area contributed by atoms with E-state index in [9.17, 15) is 9.18 Å². The Hall–Kier alpha value is -3.18. The van der Waals surface area contributed by atoms with Gasteiger partial charge in [0.25, 0.3) is 5.91 Å². The Morgan fingerprint density at radius 2 is 1.81 bits per heavy atom. The lowest BCUT2D eigenvalue weighted by atomic mass is 10.1. The van der Waals surface area contributed by atoms with Gasteiger partial charge < -0.3 is 9.72 Å². The molecule has 0 saturated heterocycles. The summed E-state index contributed by atoms with van der Waals surface area (Å²) in [7, 11) is 0. The molecule has 2 heterocycles. The molecule has 1 N–H and O–H groups in total. The molecule has 0 fully saturated rings. The highest BCUT2D eigenvalue weighted by Gasteiger charge is 2.11. The van der Waals surface area contributed by atoms with E-state index < -0.39 is 0 Å². The number of pyridine rings is 1. The molecular weight excluding hydrogens is 365 g/mol. The highest BCUT2D eigenvalue weighted by Crippen LogP contribution is 2.22. The number of amides is 1. The number of aromatic nitrogens is 2. The number of rotatable bonds is 4. The molecule has 0 saturated carbocycles. The molecule has 134 valence electrons. The van der Waals surface area contributed by atoms with E-state index in [0.29, 0.717) is 21.9 Å². The Morgan fingerprint density at radius 3 is 2.59 bits per heavy atom. The number of fused-ring (bicyclic) bond motifs is 1. The molecule has 0 aliphatic heterocycles. The number of benzene rings is 2. The lowest BCUT2D eigenvalue weighted by Gasteiger charge is -2.03. The molecule has 0 atom stereocenters. The van der Waals surface area contributed by atoms with Crippen LogP contribution in [0.15, 0.2) is 73.1 Å². The summed E-state index contributed by atoms with van der Waals surface area (Å²) in [5.74, 6) is -0.639. The van der Waals surface area contributed by atoms with E-state index in [2.05, 4.69) is 10.3 Å². The third-order valence-electron chi connectivity index (χ3n) is 4.20. The predicted octanol–water partition coefficient (Wildman–Crippen LogP) is 4.72. The van der Waals surface area contributed by atoms with Crippen LogP contribution in [0, 0.1) is 5.82 Å². The summed E-state index contributed by atoms with van der Waals surface area (Å²) in [5.41, 5.74) is 3.68. The van der Waals surface area contributed by atoms with Crippen molar-refractivity contribution in [3.8, 4) is 11.1 Å². The molecule has 0 radical (unpaired) electrons. The van der Waals surface area contributed by atoms with Crippen LogP contribution >= 0.6 is 11.6 Å². The van der Waals surface area contributed by atoms with Crippen LogP contribution in [-0.4, -0.2) is 15.3 Å². The topological polar surface area (TPSA) is 46.4 Å². The van der Waals surface area contributed by atoms with Gasteiger partial charge in [0, 0.05) is 24.0 Å². The largest absolute Gasteiger partial charge is 0.347 e. The molecule has 0 bridgehead atoms. The molecule has 2 aromatic carbocycles. The van der Waals surface area contributed by atoms with Crippen LogP contribution in [0.4, 0.5) is 4.39 Å². The first kappa shape index (κ1) is 17.2. The molecule has 4 aromatic rings. The summed E-state index contributed by atoms with van der Waals surface area (Å²) in [6, 6.07) is 17.5. The Morgan fingerprint density at radius 1 is 1.04 bits per heavy atom. The number of carbonyl (C=O) groups is 1. The van der Waals surface area contributed by atoms with Crippen LogP contribution in [0.3, 0.4) is 0 Å². The smallest absolute Gasteiger partial charge is 0.271 e. The van der Waals surface area contributed by atoms with Gasteiger partial charge in [-0.15, -0.1) is 0 Å². The van der Waals surface area contributed by atoms with Crippen molar-refractivity contribution >= 4 is 23.2 Å². The second kappa shape index (κ2) is 7.21. The summed E-state index contributed by atoms with van der Waals surface area (Å²) >= 11 is 5.93. The predicted molar refractivity (Wildman–Crippen MR) is 103 cm³/mol. The number of hydrogen-bond donors (Lipinski definition) is 1. The quantitative estimate of drug-likeness (QED) is 0.557. The number of carbonyl (C=O) groups excluding carboxylic acids is 1. The Labute approximate surface area is 160 Å². The highest BCUT2D eigenvalue weighted by molar-refractivity contribution is 6.30. The summed E-state index contributed by atoms with van der Waals surface area (Å²) in [5, 5.41) is 3.44. The van der Waals surface area contributed by atoms with Gasteiger partial charge in [0.15, 0.2) is 0 Å². The van der Waals surface area contributed by atoms with Crippen molar-refractivity contribution < 1.29 is 9.18 Å². The van der Waals surface area contributed by atoms with E-state index in [1.807, 2.05) is 42.6 Å². The van der Waals surface area contributed by atoms with Gasteiger partial charge in [0.2, 0.25) is 0 Å². The lowest BCUT2D eigenvalue weighted by molar-refractivity contribution is 0.0946. The van der Waals surface area contributed by atoms with Gasteiger partial charge in [-0.3, -0.25) is 4.79 Å². The zero-order valence-corrected chi connectivity index (χ0v) is 14.9. The molecule has 4 rings (SSSR count). The number of imidazole rings is 1. The fourth-order valence-electron chi connectivity index (χ4n) is 2.83. The monoisotopic (exact) mass is 379 g/mol. The fraction of sp³-hybridized carbons (Fsp3) is 0.0476. The molecule has 0 aliphatic carbocycles. The molecule has 6 heteroatoms. The molecule has 27 heavy (non-hydrogen) atoms. The number of nitrogens with one attached hydrogen (secondary N) is 1. The van der Waals surface area contributed by atoms with E-state index in [-0.39, 0.29) is 18.3 Å². The summed E-state index contributed by atoms with van der Waals surface area (Å²) in [6.07, 6.45) is 3.59. The summed E-state index contributed by atoms with van der Waals surface area (Å²) < 4.78 is 15.0. The molecule has 0 aliphatic rings. The second-order valence-electron chi connectivity index (χ2n) is 6.13. The van der Waals surface area contributed by atoms with Crippen molar-refractivity contribution in [1.82, 2.24) is 14.7 Å². The lowest BCUT2D eigenvalue weighted by Crippen LogP contribution is -2.23. The average Bonchev–Trinajstić information content (AvgIpc) is 3.10. The van der Waals surface area contributed by atoms with Crippen molar-refractivity contribution in [3.05, 3.63) is 95.2 Å². The van der Waals surface area contributed by atoms with Gasteiger partial charge in [-0.05, 0) is 53.1 Å². The summed E-state index contributed by atoms with van der Waals surface area (Å²) in [4.78, 5) is 16.7. The van der Waals surface area contributed by atoms with Crippen molar-refractivity contribution in [1.29, 1.82) is 0 Å². The van der Waals surface area contributed by atoms with E-state index in [1.54, 1.807) is 22.7 Å². The molecule has 4 nitrogen and oxygen atoms in total. The minimum atomic E-state index is -0.329. The van der Waals surface area contributed by atoms with E-state index in [4.69, 9.17) is 11.6 Å². The molecule has 0 unspecified atom stereocenters. The maximum Gasteiger partial charge on any atom is 0.271 e. The number of hydrogen-bond acceptors (Lipinski definition) is 2. The van der Waals surface area contributed by atoms with Crippen LogP contribution in [0.1, 0.15) is 16.1 Å². The van der Waals surface area contributed by atoms with Crippen LogP contribution in [0.2, 0.25) is 5.02 Å². The van der Waals surface area contributed by atoms with Gasteiger partial charge in [0.1, 0.15) is 17.2 Å². The summed E-state index contributed by atoms with van der Waals surface area (Å²) in [6.45, 7) is 0.237. The normalized spacial score (nSPS) is 10.9. The average molecular weight is 380 g/mol. The maximum absolute atomic E-state index is 13.2. The number of nitrogens with zero attached hydrogens (tertiary/aromatic N) is 2. The van der Waals surface area contributed by atoms with Crippen molar-refractivity contribution in [2.24, 2.45) is 0 Å². The van der Waals surface area contributed by atoms with E-state index in [0.717, 1.165) is 11.1 Å². The van der Waals surface area contributed by atoms with Gasteiger partial charge in [-0.25, -0.2) is 9.37 Å². The van der Waals surface area contributed by atoms with Crippen LogP contribution in [0.25, 0.3) is 16.8 Å². The van der Waals surface area contributed by atoms with Gasteiger partial charge in [-0.2, -0.15) is 0 Å². The molecular formula is C21H15ClFN3O. The van der Waals surface area contributed by atoms with E-state index in [1.165, 1.54) is 12.1 Å². The second-order valence-corrected chi connectivity index (χ2v) is 6.57. The Balaban J connectivity index is 1.54. The van der Waals surface area contributed by atoms with Gasteiger partial charge >= 0.3 is 0 Å². The number of halogens is 2. The SMILES string of the molecule is O=C(NCc1cccc(F)c1)c1cn2cc(-c3ccc(Cl)cc3)ccc2n1. The van der Waals surface area contributed by atoms with Crippen molar-refractivity contribution in [3.63, 3.8) is 0 Å². The van der Waals surface area contributed by atoms with Crippen molar-refractivity contribution in [2.45, 2.75) is 6.54 Å². The van der Waals surface area contributed by atoms with Crippen LogP contribution in [0.5, 0.6) is 0 Å². The molecule has 2 aromatic heterocycles. The fourth-order valence-corrected chi connectivity index (χ4v) is 2.96. The first-order valence-electron chi connectivity index (χ1n) is 8.36. The van der Waals surface area contributed by atoms with Crippen LogP contribution in [-0.2, 0) is 6.54 Å². The maximum atomic E-state index is 13.2. The minimum Gasteiger partial charge on any atom is -0.347 e. The zero-order chi connectivity index (χ0) is 18.8. The molecule has 0 spiro atoms. The van der Waals surface area contributed by atoms with Gasteiger partial charge in [-0.1, -0.05) is 35.9 Å².